The number of nitrogen functional groups attached to an aromatic ring is 1. The Hall–Kier alpha value is -1.81. The molecule has 0 amide bonds. The average molecular weight is 332 g/mol. The van der Waals surface area contributed by atoms with E-state index < -0.39 is 0 Å². The lowest BCUT2D eigenvalue weighted by atomic mass is 9.94. The smallest absolute Gasteiger partial charge is 0.145 e. The first-order valence-electron chi connectivity index (χ1n) is 8.78. The van der Waals surface area contributed by atoms with Gasteiger partial charge in [0.25, 0.3) is 0 Å². The summed E-state index contributed by atoms with van der Waals surface area (Å²) in [7, 11) is 0. The molecule has 0 radical (unpaired) electrons. The normalized spacial score (nSPS) is 10.9. The molecule has 0 saturated carbocycles. The van der Waals surface area contributed by atoms with Crippen molar-refractivity contribution < 1.29 is 5.11 Å². The fraction of sp³-hybridized carbons (Fsp3) is 0.550. The minimum atomic E-state index is 0.248. The van der Waals surface area contributed by atoms with E-state index in [-0.39, 0.29) is 5.75 Å². The van der Waals surface area contributed by atoms with Crippen molar-refractivity contribution in [3.63, 3.8) is 0 Å². The Morgan fingerprint density at radius 2 is 1.25 bits per heavy atom. The molecule has 0 bridgehead atoms. The number of rotatable bonds is 3. The maximum Gasteiger partial charge on any atom is 0.145 e. The minimum absolute atomic E-state index is 0.248. The maximum atomic E-state index is 10.2. The number of aromatic nitrogens is 1. The predicted octanol–water partition coefficient (Wildman–Crippen LogP) is 4.41. The van der Waals surface area contributed by atoms with Gasteiger partial charge in [-0.2, -0.15) is 0 Å². The van der Waals surface area contributed by atoms with Gasteiger partial charge in [-0.3, -0.25) is 0 Å². The first kappa shape index (κ1) is 20.2. The minimum Gasteiger partial charge on any atom is -0.505 e. The van der Waals surface area contributed by atoms with E-state index in [1.54, 1.807) is 0 Å². The lowest BCUT2D eigenvalue weighted by Gasteiger charge is -2.16. The third kappa shape index (κ3) is 3.81. The zero-order valence-electron chi connectivity index (χ0n) is 16.5. The summed E-state index contributed by atoms with van der Waals surface area (Å²) < 4.78 is 0. The van der Waals surface area contributed by atoms with Crippen LogP contribution in [0.15, 0.2) is 0 Å². The van der Waals surface area contributed by atoms with Gasteiger partial charge in [-0.05, 0) is 82.1 Å². The van der Waals surface area contributed by atoms with E-state index in [1.165, 1.54) is 25.2 Å². The van der Waals surface area contributed by atoms with Crippen LogP contribution in [0.4, 0.5) is 5.82 Å². The standard InChI is InChI=1S/C14H18N2O.C6H15N/c1-6-7(2)11-8(3)10(5)14(15)16-12(11)13(17)9(6)4;1-4-7(5-2)6-3/h17H,1-5H3,(H2,15,16);4-6H2,1-3H3. The fourth-order valence-corrected chi connectivity index (χ4v) is 2.94. The summed E-state index contributed by atoms with van der Waals surface area (Å²) in [5.41, 5.74) is 11.7. The van der Waals surface area contributed by atoms with Gasteiger partial charge in [0.1, 0.15) is 17.1 Å². The number of anilines is 1. The highest BCUT2D eigenvalue weighted by atomic mass is 16.3. The summed E-state index contributed by atoms with van der Waals surface area (Å²) in [6, 6.07) is 0. The molecule has 4 heteroatoms. The van der Waals surface area contributed by atoms with Gasteiger partial charge in [0.15, 0.2) is 0 Å². The molecule has 4 nitrogen and oxygen atoms in total. The summed E-state index contributed by atoms with van der Waals surface area (Å²) in [6.07, 6.45) is 0. The first-order chi connectivity index (χ1) is 11.2. The Bertz CT molecular complexity index is 705. The molecule has 0 aliphatic carbocycles. The van der Waals surface area contributed by atoms with Crippen LogP contribution in [0.3, 0.4) is 0 Å². The number of aryl methyl sites for hydroxylation is 2. The lowest BCUT2D eigenvalue weighted by molar-refractivity contribution is 0.321. The van der Waals surface area contributed by atoms with Crippen molar-refractivity contribution in [1.29, 1.82) is 0 Å². The van der Waals surface area contributed by atoms with Crippen molar-refractivity contribution in [1.82, 2.24) is 9.88 Å². The van der Waals surface area contributed by atoms with Gasteiger partial charge in [0.05, 0.1) is 0 Å². The Labute approximate surface area is 146 Å². The van der Waals surface area contributed by atoms with E-state index in [9.17, 15) is 5.11 Å². The molecule has 0 spiro atoms. The molecule has 0 aliphatic heterocycles. The molecule has 24 heavy (non-hydrogen) atoms. The monoisotopic (exact) mass is 331 g/mol. The number of nitrogens with zero attached hydrogens (tertiary/aromatic N) is 2. The van der Waals surface area contributed by atoms with Crippen molar-refractivity contribution in [3.8, 4) is 5.75 Å². The number of pyridine rings is 1. The van der Waals surface area contributed by atoms with Gasteiger partial charge < -0.3 is 15.7 Å². The largest absolute Gasteiger partial charge is 0.505 e. The second-order valence-corrected chi connectivity index (χ2v) is 6.31. The van der Waals surface area contributed by atoms with Gasteiger partial charge in [-0.15, -0.1) is 0 Å². The highest BCUT2D eigenvalue weighted by Gasteiger charge is 2.16. The Morgan fingerprint density at radius 3 is 1.67 bits per heavy atom. The van der Waals surface area contributed by atoms with E-state index >= 15 is 0 Å². The highest BCUT2D eigenvalue weighted by molar-refractivity contribution is 5.94. The first-order valence-corrected chi connectivity index (χ1v) is 8.78. The summed E-state index contributed by atoms with van der Waals surface area (Å²) in [5, 5.41) is 11.2. The SMILES string of the molecule is CCN(CC)CC.Cc1c(C)c(C)c2c(C)c(C)c(N)nc2c1O. The Balaban J connectivity index is 0.000000351. The van der Waals surface area contributed by atoms with Crippen molar-refractivity contribution in [2.24, 2.45) is 0 Å². The summed E-state index contributed by atoms with van der Waals surface area (Å²) in [4.78, 5) is 6.70. The van der Waals surface area contributed by atoms with Crippen LogP contribution in [-0.2, 0) is 0 Å². The second-order valence-electron chi connectivity index (χ2n) is 6.31. The van der Waals surface area contributed by atoms with Gasteiger partial charge in [0, 0.05) is 5.39 Å². The molecule has 0 saturated heterocycles. The topological polar surface area (TPSA) is 62.4 Å². The van der Waals surface area contributed by atoms with E-state index in [0.717, 1.165) is 27.6 Å². The quantitative estimate of drug-likeness (QED) is 0.874. The number of phenols is 1. The molecule has 134 valence electrons. The van der Waals surface area contributed by atoms with Crippen LogP contribution in [0, 0.1) is 34.6 Å². The molecular formula is C20H33N3O. The van der Waals surface area contributed by atoms with Gasteiger partial charge >= 0.3 is 0 Å². The van der Waals surface area contributed by atoms with Crippen molar-refractivity contribution >= 4 is 16.7 Å². The summed E-state index contributed by atoms with van der Waals surface area (Å²) >= 11 is 0. The van der Waals surface area contributed by atoms with Crippen LogP contribution >= 0.6 is 0 Å². The van der Waals surface area contributed by atoms with Crippen LogP contribution in [0.5, 0.6) is 5.75 Å². The number of phenolic OH excluding ortho intramolecular Hbond substituents is 1. The zero-order chi connectivity index (χ0) is 18.6. The number of benzene rings is 1. The Kier molecular flexibility index (Phi) is 7.03. The number of hydrogen-bond acceptors (Lipinski definition) is 4. The van der Waals surface area contributed by atoms with Crippen molar-refractivity contribution in [2.75, 3.05) is 25.4 Å². The van der Waals surface area contributed by atoms with Crippen molar-refractivity contribution in [3.05, 3.63) is 27.8 Å². The summed E-state index contributed by atoms with van der Waals surface area (Å²) in [5.74, 6) is 0.742. The van der Waals surface area contributed by atoms with E-state index in [1.807, 2.05) is 27.7 Å². The number of fused-ring (bicyclic) bond motifs is 1. The van der Waals surface area contributed by atoms with Gasteiger partial charge in [-0.1, -0.05) is 20.8 Å². The number of hydrogen-bond donors (Lipinski definition) is 2. The molecule has 1 heterocycles. The lowest BCUT2D eigenvalue weighted by Crippen LogP contribution is -2.21. The fourth-order valence-electron chi connectivity index (χ4n) is 2.94. The highest BCUT2D eigenvalue weighted by Crippen LogP contribution is 2.36. The number of aromatic hydroxyl groups is 1. The molecule has 2 aromatic rings. The zero-order valence-corrected chi connectivity index (χ0v) is 16.5. The molecule has 0 atom stereocenters. The molecule has 1 aromatic heterocycles. The molecule has 2 rings (SSSR count). The van der Waals surface area contributed by atoms with E-state index in [2.05, 4.69) is 37.6 Å². The van der Waals surface area contributed by atoms with Crippen LogP contribution < -0.4 is 5.73 Å². The van der Waals surface area contributed by atoms with E-state index in [0.29, 0.717) is 11.3 Å². The molecular weight excluding hydrogens is 298 g/mol. The Morgan fingerprint density at radius 1 is 0.792 bits per heavy atom. The van der Waals surface area contributed by atoms with Crippen LogP contribution in [0.1, 0.15) is 48.6 Å². The summed E-state index contributed by atoms with van der Waals surface area (Å²) in [6.45, 7) is 20.1. The van der Waals surface area contributed by atoms with Crippen LogP contribution in [-0.4, -0.2) is 34.6 Å². The average Bonchev–Trinajstić information content (AvgIpc) is 2.58. The third-order valence-electron chi connectivity index (χ3n) is 5.21. The molecule has 1 aromatic carbocycles. The molecule has 0 fully saturated rings. The number of nitrogens with two attached hydrogens (primary N) is 1. The molecule has 0 aliphatic rings. The van der Waals surface area contributed by atoms with Crippen LogP contribution in [0.25, 0.3) is 10.9 Å². The predicted molar refractivity (Wildman–Crippen MR) is 105 cm³/mol. The second kappa shape index (κ2) is 8.34. The van der Waals surface area contributed by atoms with Gasteiger partial charge in [-0.25, -0.2) is 4.98 Å². The molecule has 0 unspecified atom stereocenters. The van der Waals surface area contributed by atoms with Crippen molar-refractivity contribution in [2.45, 2.75) is 55.4 Å². The molecule has 3 N–H and O–H groups in total. The van der Waals surface area contributed by atoms with Crippen LogP contribution in [0.2, 0.25) is 0 Å². The van der Waals surface area contributed by atoms with Gasteiger partial charge in [0.2, 0.25) is 0 Å². The van der Waals surface area contributed by atoms with E-state index in [4.69, 9.17) is 5.73 Å². The third-order valence-corrected chi connectivity index (χ3v) is 5.21. The maximum absolute atomic E-state index is 10.2.